The molecule has 2 aromatic heterocycles. The maximum absolute atomic E-state index is 5.95. The molecule has 0 aliphatic carbocycles. The largest absolute Gasteiger partial charge is 0.480 e. The monoisotopic (exact) mass is 389 g/mol. The Morgan fingerprint density at radius 2 is 1.96 bits per heavy atom. The number of anilines is 1. The second kappa shape index (κ2) is 7.60. The average molecular weight is 390 g/mol. The molecule has 1 aliphatic heterocycles. The number of nitrogens with zero attached hydrogens (tertiary/aromatic N) is 5. The van der Waals surface area contributed by atoms with Gasteiger partial charge in [-0.05, 0) is 57.5 Å². The highest BCUT2D eigenvalue weighted by Crippen LogP contribution is 2.36. The Morgan fingerprint density at radius 1 is 1.22 bits per heavy atom. The average Bonchev–Trinajstić information content (AvgIpc) is 2.66. The van der Waals surface area contributed by atoms with Gasteiger partial charge in [0, 0.05) is 25.2 Å². The molecule has 2 aromatic rings. The quantitative estimate of drug-likeness (QED) is 0.742. The molecular formula is C20H28ClN5O. The lowest BCUT2D eigenvalue weighted by Gasteiger charge is -2.51. The third-order valence-corrected chi connectivity index (χ3v) is 6.45. The van der Waals surface area contributed by atoms with Crippen molar-refractivity contribution < 1.29 is 4.74 Å². The minimum atomic E-state index is 0.146. The van der Waals surface area contributed by atoms with Crippen LogP contribution in [0.2, 0.25) is 5.15 Å². The predicted octanol–water partition coefficient (Wildman–Crippen LogP) is 3.76. The van der Waals surface area contributed by atoms with Gasteiger partial charge in [0.05, 0.1) is 18.4 Å². The molecule has 1 fully saturated rings. The van der Waals surface area contributed by atoms with E-state index in [1.807, 2.05) is 18.2 Å². The Labute approximate surface area is 166 Å². The summed E-state index contributed by atoms with van der Waals surface area (Å²) in [5.74, 6) is 1.82. The van der Waals surface area contributed by atoms with Gasteiger partial charge in [-0.25, -0.2) is 4.98 Å². The van der Waals surface area contributed by atoms with E-state index in [1.165, 1.54) is 0 Å². The molecule has 0 aromatic carbocycles. The normalized spacial score (nSPS) is 22.5. The van der Waals surface area contributed by atoms with E-state index in [0.29, 0.717) is 28.7 Å². The van der Waals surface area contributed by atoms with Crippen LogP contribution in [0.1, 0.15) is 27.2 Å². The molecule has 6 nitrogen and oxygen atoms in total. The molecular weight excluding hydrogens is 362 g/mol. The number of halogens is 1. The summed E-state index contributed by atoms with van der Waals surface area (Å²) in [5.41, 5.74) is 1.63. The van der Waals surface area contributed by atoms with Crippen LogP contribution in [0.15, 0.2) is 24.3 Å². The summed E-state index contributed by atoms with van der Waals surface area (Å²) >= 11 is 5.95. The Balaban J connectivity index is 1.83. The summed E-state index contributed by atoms with van der Waals surface area (Å²) in [4.78, 5) is 8.89. The van der Waals surface area contributed by atoms with Crippen LogP contribution in [0.5, 0.6) is 5.88 Å². The second-order valence-electron chi connectivity index (χ2n) is 7.80. The number of hydrogen-bond acceptors (Lipinski definition) is 6. The van der Waals surface area contributed by atoms with Crippen LogP contribution >= 0.6 is 11.6 Å². The van der Waals surface area contributed by atoms with Gasteiger partial charge in [0.15, 0.2) is 5.82 Å². The van der Waals surface area contributed by atoms with Crippen molar-refractivity contribution in [2.24, 2.45) is 5.92 Å². The van der Waals surface area contributed by atoms with Crippen LogP contribution in [0.25, 0.3) is 11.3 Å². The number of rotatable bonds is 4. The van der Waals surface area contributed by atoms with Crippen LogP contribution in [0.3, 0.4) is 0 Å². The first-order valence-corrected chi connectivity index (χ1v) is 9.62. The van der Waals surface area contributed by atoms with E-state index in [1.54, 1.807) is 13.2 Å². The first-order chi connectivity index (χ1) is 12.8. The van der Waals surface area contributed by atoms with Crippen molar-refractivity contribution in [2.75, 3.05) is 32.6 Å². The van der Waals surface area contributed by atoms with Gasteiger partial charge < -0.3 is 14.5 Å². The fourth-order valence-corrected chi connectivity index (χ4v) is 3.95. The van der Waals surface area contributed by atoms with Gasteiger partial charge in [0.1, 0.15) is 5.15 Å². The molecule has 2 atom stereocenters. The maximum Gasteiger partial charge on any atom is 0.224 e. The van der Waals surface area contributed by atoms with Gasteiger partial charge in [-0.15, -0.1) is 10.2 Å². The van der Waals surface area contributed by atoms with Crippen molar-refractivity contribution in [3.8, 4) is 17.1 Å². The molecule has 2 unspecified atom stereocenters. The van der Waals surface area contributed by atoms with E-state index in [9.17, 15) is 0 Å². The molecule has 0 N–H and O–H groups in total. The molecule has 1 saturated heterocycles. The molecule has 0 saturated carbocycles. The van der Waals surface area contributed by atoms with Gasteiger partial charge in [0.2, 0.25) is 5.88 Å². The van der Waals surface area contributed by atoms with Crippen molar-refractivity contribution in [3.05, 3.63) is 29.4 Å². The zero-order valence-electron chi connectivity index (χ0n) is 16.9. The summed E-state index contributed by atoms with van der Waals surface area (Å²) in [7, 11) is 5.88. The van der Waals surface area contributed by atoms with E-state index >= 15 is 0 Å². The molecule has 0 amide bonds. The van der Waals surface area contributed by atoms with Gasteiger partial charge in [-0.2, -0.15) is 0 Å². The van der Waals surface area contributed by atoms with Crippen LogP contribution in [-0.2, 0) is 0 Å². The number of pyridine rings is 1. The third kappa shape index (κ3) is 3.73. The smallest absolute Gasteiger partial charge is 0.224 e. The first kappa shape index (κ1) is 19.8. The summed E-state index contributed by atoms with van der Waals surface area (Å²) in [6, 6.07) is 7.96. The first-order valence-electron chi connectivity index (χ1n) is 9.24. The molecule has 3 heterocycles. The maximum atomic E-state index is 5.95. The van der Waals surface area contributed by atoms with E-state index in [2.05, 4.69) is 59.8 Å². The minimum absolute atomic E-state index is 0.146. The van der Waals surface area contributed by atoms with E-state index in [4.69, 9.17) is 16.3 Å². The summed E-state index contributed by atoms with van der Waals surface area (Å²) in [5, 5.41) is 9.28. The van der Waals surface area contributed by atoms with Gasteiger partial charge in [0.25, 0.3) is 0 Å². The fourth-order valence-electron chi connectivity index (χ4n) is 3.81. The van der Waals surface area contributed by atoms with Gasteiger partial charge >= 0.3 is 0 Å². The second-order valence-corrected chi connectivity index (χ2v) is 8.19. The van der Waals surface area contributed by atoms with E-state index in [-0.39, 0.29) is 5.54 Å². The van der Waals surface area contributed by atoms with Crippen molar-refractivity contribution in [2.45, 2.75) is 38.8 Å². The van der Waals surface area contributed by atoms with Crippen LogP contribution < -0.4 is 9.64 Å². The molecule has 1 aliphatic rings. The molecule has 0 radical (unpaired) electrons. The summed E-state index contributed by atoms with van der Waals surface area (Å²) in [6.45, 7) is 8.02. The highest BCUT2D eigenvalue weighted by Gasteiger charge is 2.41. The minimum Gasteiger partial charge on any atom is -0.480 e. The Hall–Kier alpha value is -1.92. The number of methoxy groups -OCH3 is 1. The zero-order chi connectivity index (χ0) is 19.8. The van der Waals surface area contributed by atoms with Crippen molar-refractivity contribution in [1.82, 2.24) is 20.1 Å². The SMILES string of the molecule is COc1nc(Cl)ccc1-c1ccc(N(C)C2CCN(C)C(C)(C)C2C)nn1. The summed E-state index contributed by atoms with van der Waals surface area (Å²) in [6.07, 6.45) is 1.11. The van der Waals surface area contributed by atoms with Crippen molar-refractivity contribution in [1.29, 1.82) is 0 Å². The molecule has 27 heavy (non-hydrogen) atoms. The number of ether oxygens (including phenoxy) is 1. The van der Waals surface area contributed by atoms with E-state index < -0.39 is 0 Å². The molecule has 146 valence electrons. The molecule has 0 bridgehead atoms. The Morgan fingerprint density at radius 3 is 2.59 bits per heavy atom. The zero-order valence-corrected chi connectivity index (χ0v) is 17.7. The highest BCUT2D eigenvalue weighted by molar-refractivity contribution is 6.29. The molecule has 0 spiro atoms. The Bertz CT molecular complexity index is 795. The van der Waals surface area contributed by atoms with Gasteiger partial charge in [-0.3, -0.25) is 0 Å². The van der Waals surface area contributed by atoms with Crippen molar-refractivity contribution in [3.63, 3.8) is 0 Å². The predicted molar refractivity (Wildman–Crippen MR) is 110 cm³/mol. The number of likely N-dealkylation sites (tertiary alicyclic amines) is 1. The lowest BCUT2D eigenvalue weighted by atomic mass is 9.77. The molecule has 7 heteroatoms. The standard InChI is InChI=1S/C20H28ClN5O/c1-13-16(11-12-25(4)20(13,2)3)26(5)18-10-8-15(23-24-18)14-7-9-17(21)22-19(14)27-6/h7-10,13,16H,11-12H2,1-6H3. The van der Waals surface area contributed by atoms with Crippen LogP contribution in [0.4, 0.5) is 5.82 Å². The van der Waals surface area contributed by atoms with Crippen LogP contribution in [-0.4, -0.2) is 59.4 Å². The topological polar surface area (TPSA) is 54.4 Å². The number of hydrogen-bond donors (Lipinski definition) is 0. The fraction of sp³-hybridized carbons (Fsp3) is 0.550. The third-order valence-electron chi connectivity index (χ3n) is 6.24. The number of piperidine rings is 1. The Kier molecular flexibility index (Phi) is 5.58. The lowest BCUT2D eigenvalue weighted by molar-refractivity contribution is 0.0391. The number of aromatic nitrogens is 3. The van der Waals surface area contributed by atoms with E-state index in [0.717, 1.165) is 24.3 Å². The van der Waals surface area contributed by atoms with Gasteiger partial charge in [-0.1, -0.05) is 18.5 Å². The van der Waals surface area contributed by atoms with Crippen molar-refractivity contribution >= 4 is 17.4 Å². The summed E-state index contributed by atoms with van der Waals surface area (Å²) < 4.78 is 5.32. The highest BCUT2D eigenvalue weighted by atomic mass is 35.5. The lowest BCUT2D eigenvalue weighted by Crippen LogP contribution is -2.59. The molecule has 3 rings (SSSR count). The van der Waals surface area contributed by atoms with Crippen LogP contribution in [0, 0.1) is 5.92 Å².